The van der Waals surface area contributed by atoms with Gasteiger partial charge in [-0.05, 0) is 18.2 Å². The summed E-state index contributed by atoms with van der Waals surface area (Å²) in [6.45, 7) is 0.923. The largest absolute Gasteiger partial charge is 0.313 e. The number of piperazine rings is 1. The Hall–Kier alpha value is -1.20. The Labute approximate surface area is 115 Å². The van der Waals surface area contributed by atoms with Crippen LogP contribution in [-0.4, -0.2) is 38.4 Å². The molecule has 1 aliphatic heterocycles. The summed E-state index contributed by atoms with van der Waals surface area (Å²) in [6.07, 6.45) is 0. The van der Waals surface area contributed by atoms with Crippen LogP contribution in [0.15, 0.2) is 23.1 Å². The third kappa shape index (κ3) is 2.72. The molecule has 5 nitrogen and oxygen atoms in total. The third-order valence-electron chi connectivity index (χ3n) is 2.84. The maximum atomic E-state index is 13.1. The lowest BCUT2D eigenvalue weighted by Gasteiger charge is -2.30. The minimum atomic E-state index is -3.84. The Bertz CT molecular complexity index is 629. The molecule has 0 spiro atoms. The second kappa shape index (κ2) is 5.43. The van der Waals surface area contributed by atoms with Gasteiger partial charge in [-0.1, -0.05) is 11.6 Å². The highest BCUT2D eigenvalue weighted by Crippen LogP contribution is 2.24. The van der Waals surface area contributed by atoms with Crippen LogP contribution in [0.2, 0.25) is 5.02 Å². The first-order valence-electron chi connectivity index (χ1n) is 5.54. The van der Waals surface area contributed by atoms with Crippen molar-refractivity contribution in [2.75, 3.05) is 19.6 Å². The van der Waals surface area contributed by atoms with Gasteiger partial charge < -0.3 is 5.32 Å². The van der Waals surface area contributed by atoms with E-state index in [4.69, 9.17) is 16.9 Å². The van der Waals surface area contributed by atoms with E-state index in [1.165, 1.54) is 0 Å². The molecule has 1 aromatic carbocycles. The summed E-state index contributed by atoms with van der Waals surface area (Å²) in [4.78, 5) is -0.110. The molecule has 1 aliphatic rings. The topological polar surface area (TPSA) is 73.2 Å². The second-order valence-corrected chi connectivity index (χ2v) is 6.34. The van der Waals surface area contributed by atoms with Gasteiger partial charge in [0.15, 0.2) is 0 Å². The lowest BCUT2D eigenvalue weighted by molar-refractivity contribution is 0.312. The lowest BCUT2D eigenvalue weighted by Crippen LogP contribution is -2.52. The molecule has 1 unspecified atom stereocenters. The molecule has 1 aromatic rings. The first-order valence-corrected chi connectivity index (χ1v) is 7.36. The van der Waals surface area contributed by atoms with Gasteiger partial charge in [-0.3, -0.25) is 0 Å². The molecule has 0 radical (unpaired) electrons. The molecule has 1 heterocycles. The zero-order chi connectivity index (χ0) is 14.0. The highest BCUT2D eigenvalue weighted by molar-refractivity contribution is 7.89. The van der Waals surface area contributed by atoms with Gasteiger partial charge in [0.25, 0.3) is 0 Å². The van der Waals surface area contributed by atoms with E-state index in [0.29, 0.717) is 6.54 Å². The molecule has 19 heavy (non-hydrogen) atoms. The quantitative estimate of drug-likeness (QED) is 0.883. The van der Waals surface area contributed by atoms with E-state index in [1.807, 2.05) is 6.07 Å². The molecule has 0 bridgehead atoms. The average Bonchev–Trinajstić information content (AvgIpc) is 2.41. The third-order valence-corrected chi connectivity index (χ3v) is 5.03. The normalized spacial score (nSPS) is 21.0. The van der Waals surface area contributed by atoms with E-state index in [2.05, 4.69) is 5.32 Å². The fraction of sp³-hybridized carbons (Fsp3) is 0.364. The van der Waals surface area contributed by atoms with E-state index in [9.17, 15) is 12.8 Å². The smallest absolute Gasteiger partial charge is 0.244 e. The van der Waals surface area contributed by atoms with Crippen molar-refractivity contribution in [2.45, 2.75) is 10.9 Å². The Morgan fingerprint density at radius 2 is 2.26 bits per heavy atom. The fourth-order valence-corrected chi connectivity index (χ4v) is 3.67. The summed E-state index contributed by atoms with van der Waals surface area (Å²) >= 11 is 5.59. The van der Waals surface area contributed by atoms with Crippen LogP contribution in [0.3, 0.4) is 0 Å². The van der Waals surface area contributed by atoms with E-state index < -0.39 is 21.9 Å². The second-order valence-electron chi connectivity index (χ2n) is 4.04. The first kappa shape index (κ1) is 14.2. The molecule has 8 heteroatoms. The van der Waals surface area contributed by atoms with E-state index in [1.54, 1.807) is 0 Å². The van der Waals surface area contributed by atoms with Crippen molar-refractivity contribution in [1.29, 1.82) is 5.26 Å². The minimum absolute atomic E-state index is 0.110. The molecule has 0 aromatic heterocycles. The molecule has 2 rings (SSSR count). The maximum absolute atomic E-state index is 13.1. The Morgan fingerprint density at radius 1 is 1.53 bits per heavy atom. The van der Waals surface area contributed by atoms with Crippen molar-refractivity contribution >= 4 is 21.6 Å². The summed E-state index contributed by atoms with van der Waals surface area (Å²) in [5.41, 5.74) is 0. The van der Waals surface area contributed by atoms with E-state index in [-0.39, 0.29) is 23.0 Å². The molecule has 0 saturated carbocycles. The van der Waals surface area contributed by atoms with Crippen LogP contribution in [0.25, 0.3) is 0 Å². The summed E-state index contributed by atoms with van der Waals surface area (Å²) < 4.78 is 38.9. The number of nitrogens with one attached hydrogen (secondary N) is 1. The predicted octanol–water partition coefficient (Wildman–Crippen LogP) is 0.965. The molecule has 1 N–H and O–H groups in total. The molecule has 1 fully saturated rings. The van der Waals surface area contributed by atoms with Gasteiger partial charge in [0.2, 0.25) is 10.0 Å². The number of hydrogen-bond donors (Lipinski definition) is 1. The van der Waals surface area contributed by atoms with Crippen molar-refractivity contribution in [1.82, 2.24) is 9.62 Å². The Kier molecular flexibility index (Phi) is 4.06. The molecule has 102 valence electrons. The molecule has 1 atom stereocenters. The minimum Gasteiger partial charge on any atom is -0.313 e. The van der Waals surface area contributed by atoms with Gasteiger partial charge in [0, 0.05) is 19.6 Å². The van der Waals surface area contributed by atoms with Crippen LogP contribution < -0.4 is 5.32 Å². The van der Waals surface area contributed by atoms with Gasteiger partial charge in [-0.15, -0.1) is 0 Å². The number of halogens is 2. The summed E-state index contributed by atoms with van der Waals surface area (Å²) in [7, 11) is -3.84. The first-order chi connectivity index (χ1) is 8.96. The number of nitrogens with zero attached hydrogens (tertiary/aromatic N) is 2. The van der Waals surface area contributed by atoms with Crippen LogP contribution in [0.4, 0.5) is 4.39 Å². The van der Waals surface area contributed by atoms with Gasteiger partial charge in [0.1, 0.15) is 11.9 Å². The zero-order valence-electron chi connectivity index (χ0n) is 9.81. The number of sulfonamides is 1. The number of rotatable bonds is 2. The predicted molar refractivity (Wildman–Crippen MR) is 67.6 cm³/mol. The molecule has 1 saturated heterocycles. The lowest BCUT2D eigenvalue weighted by atomic mass is 10.3. The van der Waals surface area contributed by atoms with Crippen molar-refractivity contribution in [3.05, 3.63) is 29.0 Å². The maximum Gasteiger partial charge on any atom is 0.244 e. The summed E-state index contributed by atoms with van der Waals surface area (Å²) in [5, 5.41) is 11.7. The van der Waals surface area contributed by atoms with Crippen molar-refractivity contribution in [2.24, 2.45) is 0 Å². The van der Waals surface area contributed by atoms with Gasteiger partial charge in [-0.2, -0.15) is 9.57 Å². The molecule has 0 amide bonds. The highest BCUT2D eigenvalue weighted by atomic mass is 35.5. The number of benzene rings is 1. The van der Waals surface area contributed by atoms with Gasteiger partial charge in [-0.25, -0.2) is 12.8 Å². The van der Waals surface area contributed by atoms with Crippen LogP contribution in [0, 0.1) is 17.1 Å². The van der Waals surface area contributed by atoms with Crippen molar-refractivity contribution < 1.29 is 12.8 Å². The van der Waals surface area contributed by atoms with Gasteiger partial charge >= 0.3 is 0 Å². The Balaban J connectivity index is 2.41. The molecular weight excluding hydrogens is 293 g/mol. The van der Waals surface area contributed by atoms with Crippen LogP contribution >= 0.6 is 11.6 Å². The standard InChI is InChI=1S/C11H11ClFN3O2S/c12-10-5-9(1-2-11(10)13)19(17,18)16-4-3-15-7-8(16)6-14/h1-2,5,8,15H,3-4,7H2. The average molecular weight is 304 g/mol. The Morgan fingerprint density at radius 3 is 2.89 bits per heavy atom. The summed E-state index contributed by atoms with van der Waals surface area (Å²) in [6, 6.07) is 4.36. The summed E-state index contributed by atoms with van der Waals surface area (Å²) in [5.74, 6) is -0.683. The highest BCUT2D eigenvalue weighted by Gasteiger charge is 2.33. The van der Waals surface area contributed by atoms with E-state index >= 15 is 0 Å². The molecular formula is C11H11ClFN3O2S. The van der Waals surface area contributed by atoms with Crippen molar-refractivity contribution in [3.63, 3.8) is 0 Å². The van der Waals surface area contributed by atoms with Crippen LogP contribution in [-0.2, 0) is 10.0 Å². The monoisotopic (exact) mass is 303 g/mol. The fourth-order valence-electron chi connectivity index (χ4n) is 1.86. The van der Waals surface area contributed by atoms with E-state index in [0.717, 1.165) is 22.5 Å². The zero-order valence-corrected chi connectivity index (χ0v) is 11.4. The van der Waals surface area contributed by atoms with Crippen LogP contribution in [0.5, 0.6) is 0 Å². The van der Waals surface area contributed by atoms with Crippen molar-refractivity contribution in [3.8, 4) is 6.07 Å². The number of hydrogen-bond acceptors (Lipinski definition) is 4. The SMILES string of the molecule is N#CC1CNCCN1S(=O)(=O)c1ccc(F)c(Cl)c1. The number of nitriles is 1. The van der Waals surface area contributed by atoms with Gasteiger partial charge in [0.05, 0.1) is 16.0 Å². The van der Waals surface area contributed by atoms with Crippen LogP contribution in [0.1, 0.15) is 0 Å². The molecule has 0 aliphatic carbocycles.